The maximum Gasteiger partial charge on any atom is 0.266 e. The number of benzene rings is 3. The summed E-state index contributed by atoms with van der Waals surface area (Å²) in [6, 6.07) is 24.0. The van der Waals surface area contributed by atoms with Crippen LogP contribution < -0.4 is 9.47 Å². The summed E-state index contributed by atoms with van der Waals surface area (Å²) in [5, 5.41) is 0. The third-order valence-electron chi connectivity index (χ3n) is 5.82. The van der Waals surface area contributed by atoms with Gasteiger partial charge in [-0.3, -0.25) is 9.69 Å². The Morgan fingerprint density at radius 2 is 1.75 bits per heavy atom. The van der Waals surface area contributed by atoms with Crippen LogP contribution in [0.1, 0.15) is 48.4 Å². The molecule has 0 bridgehead atoms. The number of nitrogens with zero attached hydrogens (tertiary/aromatic N) is 1. The zero-order valence-electron chi connectivity index (χ0n) is 20.9. The number of rotatable bonds is 10. The number of carbonyl (C=O) groups is 1. The summed E-state index contributed by atoms with van der Waals surface area (Å²) in [5.74, 6) is 2.08. The Balaban J connectivity index is 1.31. The fraction of sp³-hybridized carbons (Fsp3) is 0.267. The summed E-state index contributed by atoms with van der Waals surface area (Å²) in [6.07, 6.45) is 2.65. The molecule has 0 unspecified atom stereocenters. The summed E-state index contributed by atoms with van der Waals surface area (Å²) >= 11 is 6.81. The lowest BCUT2D eigenvalue weighted by Crippen LogP contribution is -2.27. The summed E-state index contributed by atoms with van der Waals surface area (Å²) in [5.41, 5.74) is 4.38. The Kier molecular flexibility index (Phi) is 8.83. The minimum absolute atomic E-state index is 0.0609. The molecular formula is C30H31NO3S2. The molecule has 1 heterocycles. The van der Waals surface area contributed by atoms with Gasteiger partial charge in [-0.05, 0) is 59.4 Å². The molecule has 1 fully saturated rings. The number of carbonyl (C=O) groups excluding carboxylic acids is 1. The number of amides is 1. The van der Waals surface area contributed by atoms with Gasteiger partial charge in [-0.15, -0.1) is 0 Å². The lowest BCUT2D eigenvalue weighted by atomic mass is 10.0. The van der Waals surface area contributed by atoms with Crippen LogP contribution in [0, 0.1) is 6.92 Å². The molecule has 0 saturated carbocycles. The first kappa shape index (κ1) is 26.0. The van der Waals surface area contributed by atoms with Crippen LogP contribution in [0.25, 0.3) is 6.08 Å². The molecule has 0 atom stereocenters. The highest BCUT2D eigenvalue weighted by molar-refractivity contribution is 8.26. The topological polar surface area (TPSA) is 38.8 Å². The lowest BCUT2D eigenvalue weighted by Gasteiger charge is -2.15. The summed E-state index contributed by atoms with van der Waals surface area (Å²) in [7, 11) is 0. The molecule has 0 aromatic heterocycles. The van der Waals surface area contributed by atoms with Crippen molar-refractivity contribution in [1.82, 2.24) is 4.90 Å². The van der Waals surface area contributed by atoms with Crippen LogP contribution >= 0.6 is 24.0 Å². The second-order valence-electron chi connectivity index (χ2n) is 9.07. The summed E-state index contributed by atoms with van der Waals surface area (Å²) in [6.45, 7) is 8.05. The van der Waals surface area contributed by atoms with Crippen LogP contribution in [-0.2, 0) is 11.3 Å². The van der Waals surface area contributed by atoms with E-state index in [4.69, 9.17) is 21.7 Å². The number of thiocarbonyl (C=S) groups is 1. The van der Waals surface area contributed by atoms with E-state index in [1.807, 2.05) is 60.7 Å². The Morgan fingerprint density at radius 1 is 0.972 bits per heavy atom. The largest absolute Gasteiger partial charge is 0.493 e. The molecule has 1 aliphatic rings. The molecule has 0 N–H and O–H groups in total. The molecule has 1 amide bonds. The van der Waals surface area contributed by atoms with Gasteiger partial charge in [0.05, 0.1) is 24.7 Å². The molecule has 6 heteroatoms. The monoisotopic (exact) mass is 517 g/mol. The van der Waals surface area contributed by atoms with Crippen molar-refractivity contribution in [3.05, 3.63) is 100.0 Å². The highest BCUT2D eigenvalue weighted by atomic mass is 32.2. The highest BCUT2D eigenvalue weighted by Gasteiger charge is 2.31. The zero-order valence-corrected chi connectivity index (χ0v) is 22.5. The standard InChI is InChI=1S/C30H31NO3S2/c1-21(2)26-14-13-22(3)17-27(26)34-16-8-15-33-25-12-7-11-24(18-25)19-28-29(32)31(30(35)36-28)20-23-9-5-4-6-10-23/h4-7,9-14,17-19,21H,8,15-16,20H2,1-3H3. The SMILES string of the molecule is Cc1ccc(C(C)C)c(OCCCOc2cccc(C=C3SC(=S)N(Cc4ccccc4)C3=O)c2)c1. The molecule has 1 saturated heterocycles. The van der Waals surface area contributed by atoms with E-state index >= 15 is 0 Å². The van der Waals surface area contributed by atoms with Crippen LogP contribution in [0.5, 0.6) is 11.5 Å². The van der Waals surface area contributed by atoms with Gasteiger partial charge in [0.2, 0.25) is 0 Å². The molecule has 4 rings (SSSR count). The molecular weight excluding hydrogens is 486 g/mol. The third kappa shape index (κ3) is 6.77. The number of ether oxygens (including phenoxy) is 2. The minimum atomic E-state index is -0.0609. The van der Waals surface area contributed by atoms with Gasteiger partial charge in [-0.25, -0.2) is 0 Å². The quantitative estimate of drug-likeness (QED) is 0.159. The summed E-state index contributed by atoms with van der Waals surface area (Å²) < 4.78 is 12.6. The van der Waals surface area contributed by atoms with Crippen molar-refractivity contribution in [3.63, 3.8) is 0 Å². The van der Waals surface area contributed by atoms with Crippen LogP contribution in [0.4, 0.5) is 0 Å². The second-order valence-corrected chi connectivity index (χ2v) is 10.7. The van der Waals surface area contributed by atoms with E-state index in [0.717, 1.165) is 29.0 Å². The maximum atomic E-state index is 13.0. The molecule has 36 heavy (non-hydrogen) atoms. The predicted octanol–water partition coefficient (Wildman–Crippen LogP) is 7.37. The summed E-state index contributed by atoms with van der Waals surface area (Å²) in [4.78, 5) is 15.2. The van der Waals surface area contributed by atoms with E-state index in [2.05, 4.69) is 39.0 Å². The molecule has 4 nitrogen and oxygen atoms in total. The number of thioether (sulfide) groups is 1. The minimum Gasteiger partial charge on any atom is -0.493 e. The van der Waals surface area contributed by atoms with Crippen LogP contribution in [0.2, 0.25) is 0 Å². The van der Waals surface area contributed by atoms with Crippen molar-refractivity contribution in [2.75, 3.05) is 13.2 Å². The van der Waals surface area contributed by atoms with Gasteiger partial charge in [0, 0.05) is 6.42 Å². The Morgan fingerprint density at radius 3 is 2.53 bits per heavy atom. The van der Waals surface area contributed by atoms with Gasteiger partial charge >= 0.3 is 0 Å². The zero-order chi connectivity index (χ0) is 25.5. The van der Waals surface area contributed by atoms with Crippen LogP contribution in [-0.4, -0.2) is 28.3 Å². The average Bonchev–Trinajstić information content (AvgIpc) is 3.12. The molecule has 3 aromatic rings. The molecule has 3 aromatic carbocycles. The van der Waals surface area contributed by atoms with Crippen molar-refractivity contribution >= 4 is 40.3 Å². The van der Waals surface area contributed by atoms with Gasteiger partial charge in [-0.2, -0.15) is 0 Å². The normalized spacial score (nSPS) is 14.7. The average molecular weight is 518 g/mol. The van der Waals surface area contributed by atoms with E-state index in [-0.39, 0.29) is 5.91 Å². The first-order valence-electron chi connectivity index (χ1n) is 12.2. The Hall–Kier alpha value is -3.09. The van der Waals surface area contributed by atoms with Crippen molar-refractivity contribution in [1.29, 1.82) is 0 Å². The molecule has 0 aliphatic carbocycles. The number of aryl methyl sites for hydroxylation is 1. The van der Waals surface area contributed by atoms with E-state index in [1.165, 1.54) is 22.9 Å². The fourth-order valence-electron chi connectivity index (χ4n) is 3.92. The van der Waals surface area contributed by atoms with Crippen molar-refractivity contribution in [3.8, 4) is 11.5 Å². The van der Waals surface area contributed by atoms with E-state index in [9.17, 15) is 4.79 Å². The van der Waals surface area contributed by atoms with Crippen LogP contribution in [0.15, 0.2) is 77.7 Å². The van der Waals surface area contributed by atoms with Crippen molar-refractivity contribution in [2.24, 2.45) is 0 Å². The first-order chi connectivity index (χ1) is 17.4. The molecule has 186 valence electrons. The molecule has 1 aliphatic heterocycles. The Bertz CT molecular complexity index is 1250. The van der Waals surface area contributed by atoms with Gasteiger partial charge in [0.15, 0.2) is 0 Å². The van der Waals surface area contributed by atoms with E-state index in [0.29, 0.717) is 34.9 Å². The molecule has 0 spiro atoms. The van der Waals surface area contributed by atoms with Crippen LogP contribution in [0.3, 0.4) is 0 Å². The highest BCUT2D eigenvalue weighted by Crippen LogP contribution is 2.34. The predicted molar refractivity (Wildman–Crippen MR) is 152 cm³/mol. The van der Waals surface area contributed by atoms with Gasteiger partial charge in [-0.1, -0.05) is 92.4 Å². The van der Waals surface area contributed by atoms with Crippen molar-refractivity contribution < 1.29 is 14.3 Å². The second kappa shape index (κ2) is 12.2. The molecule has 0 radical (unpaired) electrons. The Labute approximate surface area is 223 Å². The smallest absolute Gasteiger partial charge is 0.266 e. The van der Waals surface area contributed by atoms with Crippen molar-refractivity contribution in [2.45, 2.75) is 39.7 Å². The first-order valence-corrected chi connectivity index (χ1v) is 13.4. The number of hydrogen-bond donors (Lipinski definition) is 0. The van der Waals surface area contributed by atoms with E-state index < -0.39 is 0 Å². The fourth-order valence-corrected chi connectivity index (χ4v) is 5.18. The third-order valence-corrected chi connectivity index (χ3v) is 7.20. The van der Waals surface area contributed by atoms with Gasteiger partial charge < -0.3 is 9.47 Å². The van der Waals surface area contributed by atoms with Gasteiger partial charge in [0.1, 0.15) is 15.8 Å². The lowest BCUT2D eigenvalue weighted by molar-refractivity contribution is -0.122. The number of hydrogen-bond acceptors (Lipinski definition) is 5. The van der Waals surface area contributed by atoms with Gasteiger partial charge in [0.25, 0.3) is 5.91 Å². The van der Waals surface area contributed by atoms with E-state index in [1.54, 1.807) is 4.90 Å². The maximum absolute atomic E-state index is 13.0.